The van der Waals surface area contributed by atoms with Crippen molar-refractivity contribution in [3.63, 3.8) is 0 Å². The Kier molecular flexibility index (Phi) is 3.50. The molecule has 1 N–H and O–H groups in total. The Balaban J connectivity index is 2.66. The lowest BCUT2D eigenvalue weighted by molar-refractivity contribution is -0.152. The van der Waals surface area contributed by atoms with Crippen LogP contribution in [0.25, 0.3) is 0 Å². The van der Waals surface area contributed by atoms with Crippen molar-refractivity contribution in [1.29, 1.82) is 0 Å². The molecule has 84 valence electrons. The Morgan fingerprint density at radius 2 is 2.20 bits per heavy atom. The van der Waals surface area contributed by atoms with Gasteiger partial charge in [0.15, 0.2) is 0 Å². The molecule has 0 bridgehead atoms. The van der Waals surface area contributed by atoms with Gasteiger partial charge < -0.3 is 10.1 Å². The maximum Gasteiger partial charge on any atom is 0.332 e. The minimum Gasteiger partial charge on any atom is -0.460 e. The van der Waals surface area contributed by atoms with Gasteiger partial charge in [-0.05, 0) is 25.7 Å². The molecule has 0 aromatic carbocycles. The number of carbonyl (C=O) groups excluding carboxylic acids is 2. The summed E-state index contributed by atoms with van der Waals surface area (Å²) >= 11 is 0. The third-order valence-electron chi connectivity index (χ3n) is 2.59. The summed E-state index contributed by atoms with van der Waals surface area (Å²) in [5, 5.41) is 2.68. The normalized spacial score (nSPS) is 18.8. The summed E-state index contributed by atoms with van der Waals surface area (Å²) in [7, 11) is 0. The van der Waals surface area contributed by atoms with Gasteiger partial charge in [0, 0.05) is 6.92 Å². The molecule has 4 heteroatoms. The lowest BCUT2D eigenvalue weighted by Crippen LogP contribution is -2.54. The minimum absolute atomic E-state index is 0.181. The molecule has 0 aromatic heterocycles. The number of rotatable bonds is 5. The summed E-state index contributed by atoms with van der Waals surface area (Å²) < 4.78 is 4.99. The molecule has 1 rings (SSSR count). The Bertz CT molecular complexity index is 284. The van der Waals surface area contributed by atoms with Gasteiger partial charge >= 0.3 is 5.97 Å². The van der Waals surface area contributed by atoms with Crippen LogP contribution in [-0.4, -0.2) is 24.0 Å². The van der Waals surface area contributed by atoms with Crippen LogP contribution in [0.2, 0.25) is 0 Å². The molecular weight excluding hydrogens is 194 g/mol. The fourth-order valence-corrected chi connectivity index (χ4v) is 1.63. The average Bonchev–Trinajstić information content (AvgIpc) is 2.95. The van der Waals surface area contributed by atoms with Gasteiger partial charge in [-0.15, -0.1) is 0 Å². The third-order valence-corrected chi connectivity index (χ3v) is 2.59. The smallest absolute Gasteiger partial charge is 0.332 e. The van der Waals surface area contributed by atoms with E-state index >= 15 is 0 Å². The lowest BCUT2D eigenvalue weighted by Gasteiger charge is -2.27. The van der Waals surface area contributed by atoms with Crippen molar-refractivity contribution in [2.24, 2.45) is 5.92 Å². The maximum atomic E-state index is 11.8. The van der Waals surface area contributed by atoms with Crippen molar-refractivity contribution in [2.45, 2.75) is 32.2 Å². The van der Waals surface area contributed by atoms with Gasteiger partial charge in [-0.25, -0.2) is 4.79 Å². The second-order valence-electron chi connectivity index (χ2n) is 4.04. The number of amides is 1. The van der Waals surface area contributed by atoms with Crippen LogP contribution >= 0.6 is 0 Å². The van der Waals surface area contributed by atoms with Crippen LogP contribution < -0.4 is 5.32 Å². The molecule has 1 aliphatic carbocycles. The zero-order chi connectivity index (χ0) is 11.5. The minimum atomic E-state index is -0.866. The SMILES string of the molecule is C=CCOC(=O)[C@@](C)(NC(C)=O)C1CC1. The molecule has 0 aromatic rings. The summed E-state index contributed by atoms with van der Waals surface area (Å²) in [5.41, 5.74) is -0.866. The Morgan fingerprint density at radius 1 is 1.60 bits per heavy atom. The van der Waals surface area contributed by atoms with Gasteiger partial charge in [-0.3, -0.25) is 4.79 Å². The van der Waals surface area contributed by atoms with Crippen LogP contribution in [0.3, 0.4) is 0 Å². The highest BCUT2D eigenvalue weighted by Gasteiger charge is 2.49. The van der Waals surface area contributed by atoms with Gasteiger partial charge in [0.1, 0.15) is 12.1 Å². The highest BCUT2D eigenvalue weighted by atomic mass is 16.5. The molecule has 0 saturated heterocycles. The Labute approximate surface area is 89.7 Å². The topological polar surface area (TPSA) is 55.4 Å². The molecule has 1 amide bonds. The molecular formula is C11H17NO3. The fraction of sp³-hybridized carbons (Fsp3) is 0.636. The predicted molar refractivity (Wildman–Crippen MR) is 56.1 cm³/mol. The van der Waals surface area contributed by atoms with E-state index in [1.54, 1.807) is 6.92 Å². The third kappa shape index (κ3) is 2.81. The number of ether oxygens (including phenoxy) is 1. The van der Waals surface area contributed by atoms with Crippen LogP contribution in [0, 0.1) is 5.92 Å². The van der Waals surface area contributed by atoms with Crippen LogP contribution in [0.15, 0.2) is 12.7 Å². The maximum absolute atomic E-state index is 11.8. The fourth-order valence-electron chi connectivity index (χ4n) is 1.63. The van der Waals surface area contributed by atoms with E-state index in [2.05, 4.69) is 11.9 Å². The molecule has 0 spiro atoms. The highest BCUT2D eigenvalue weighted by molar-refractivity contribution is 5.87. The van der Waals surface area contributed by atoms with Crippen LogP contribution in [-0.2, 0) is 14.3 Å². The van der Waals surface area contributed by atoms with Crippen LogP contribution in [0.1, 0.15) is 26.7 Å². The lowest BCUT2D eigenvalue weighted by atomic mass is 9.96. The Morgan fingerprint density at radius 3 is 2.60 bits per heavy atom. The van der Waals surface area contributed by atoms with Crippen molar-refractivity contribution in [3.05, 3.63) is 12.7 Å². The molecule has 1 fully saturated rings. The van der Waals surface area contributed by atoms with E-state index in [4.69, 9.17) is 4.74 Å². The second-order valence-corrected chi connectivity index (χ2v) is 4.04. The number of hydrogen-bond acceptors (Lipinski definition) is 3. The first-order valence-electron chi connectivity index (χ1n) is 5.07. The first-order valence-corrected chi connectivity index (χ1v) is 5.07. The quantitative estimate of drug-likeness (QED) is 0.545. The zero-order valence-electron chi connectivity index (χ0n) is 9.21. The zero-order valence-corrected chi connectivity index (χ0v) is 9.21. The number of esters is 1. The van der Waals surface area contributed by atoms with Crippen LogP contribution in [0.4, 0.5) is 0 Å². The molecule has 4 nitrogen and oxygen atoms in total. The molecule has 1 atom stereocenters. The van der Waals surface area contributed by atoms with Gasteiger partial charge in [0.25, 0.3) is 0 Å². The van der Waals surface area contributed by atoms with Crippen molar-refractivity contribution < 1.29 is 14.3 Å². The van der Waals surface area contributed by atoms with Gasteiger partial charge in [0.2, 0.25) is 5.91 Å². The largest absolute Gasteiger partial charge is 0.460 e. The van der Waals surface area contributed by atoms with Gasteiger partial charge in [-0.2, -0.15) is 0 Å². The average molecular weight is 211 g/mol. The first-order chi connectivity index (χ1) is 7.00. The van der Waals surface area contributed by atoms with E-state index in [1.807, 2.05) is 0 Å². The summed E-state index contributed by atoms with van der Waals surface area (Å²) in [6.07, 6.45) is 3.43. The number of hydrogen-bond donors (Lipinski definition) is 1. The molecule has 0 aliphatic heterocycles. The summed E-state index contributed by atoms with van der Waals surface area (Å²) in [6.45, 7) is 6.78. The van der Waals surface area contributed by atoms with Crippen molar-refractivity contribution in [2.75, 3.05) is 6.61 Å². The summed E-state index contributed by atoms with van der Waals surface area (Å²) in [6, 6.07) is 0. The van der Waals surface area contributed by atoms with E-state index < -0.39 is 5.54 Å². The first kappa shape index (κ1) is 11.8. The highest BCUT2D eigenvalue weighted by Crippen LogP contribution is 2.40. The van der Waals surface area contributed by atoms with Crippen molar-refractivity contribution in [3.8, 4) is 0 Å². The van der Waals surface area contributed by atoms with E-state index in [-0.39, 0.29) is 24.4 Å². The molecule has 0 unspecified atom stereocenters. The molecule has 0 radical (unpaired) electrons. The molecule has 0 heterocycles. The van der Waals surface area contributed by atoms with E-state index in [0.29, 0.717) is 0 Å². The van der Waals surface area contributed by atoms with E-state index in [9.17, 15) is 9.59 Å². The second kappa shape index (κ2) is 4.47. The number of nitrogens with one attached hydrogen (secondary N) is 1. The summed E-state index contributed by atoms with van der Waals surface area (Å²) in [4.78, 5) is 22.8. The monoisotopic (exact) mass is 211 g/mol. The molecule has 1 saturated carbocycles. The Hall–Kier alpha value is -1.32. The summed E-state index contributed by atoms with van der Waals surface area (Å²) in [5.74, 6) is -0.376. The predicted octanol–water partition coefficient (Wildman–Crippen LogP) is 1.02. The van der Waals surface area contributed by atoms with Gasteiger partial charge in [0.05, 0.1) is 0 Å². The van der Waals surface area contributed by atoms with Crippen LogP contribution in [0.5, 0.6) is 0 Å². The van der Waals surface area contributed by atoms with Crippen molar-refractivity contribution >= 4 is 11.9 Å². The molecule has 15 heavy (non-hydrogen) atoms. The van der Waals surface area contributed by atoms with Gasteiger partial charge in [-0.1, -0.05) is 12.7 Å². The molecule has 1 aliphatic rings. The van der Waals surface area contributed by atoms with Crippen molar-refractivity contribution in [1.82, 2.24) is 5.32 Å². The van der Waals surface area contributed by atoms with E-state index in [0.717, 1.165) is 12.8 Å². The number of carbonyl (C=O) groups is 2. The standard InChI is InChI=1S/C11H17NO3/c1-4-7-15-10(14)11(3,9-5-6-9)12-8(2)13/h4,9H,1,5-7H2,2-3H3,(H,12,13)/t11-/m0/s1. The van der Waals surface area contributed by atoms with E-state index in [1.165, 1.54) is 13.0 Å².